The van der Waals surface area contributed by atoms with Crippen LogP contribution >= 0.6 is 0 Å². The topological polar surface area (TPSA) is 128 Å². The summed E-state index contributed by atoms with van der Waals surface area (Å²) < 4.78 is 2.58. The lowest BCUT2D eigenvalue weighted by Crippen LogP contribution is -2.24. The van der Waals surface area contributed by atoms with Crippen molar-refractivity contribution >= 4 is 11.9 Å². The number of hydrogen-bond donors (Lipinski definition) is 2. The maximum atomic E-state index is 11.7. The van der Waals surface area contributed by atoms with Crippen LogP contribution in [0.2, 0.25) is 0 Å². The molecule has 0 aliphatic rings. The van der Waals surface area contributed by atoms with Crippen molar-refractivity contribution in [1.29, 1.82) is 0 Å². The molecule has 0 unspecified atom stereocenters. The molecular weight excluding hydrogens is 254 g/mol. The van der Waals surface area contributed by atoms with Gasteiger partial charge in [-0.3, -0.25) is 14.3 Å². The van der Waals surface area contributed by atoms with Crippen LogP contribution in [-0.4, -0.2) is 46.7 Å². The molecule has 0 aliphatic heterocycles. The van der Waals surface area contributed by atoms with Crippen LogP contribution in [0.3, 0.4) is 0 Å². The minimum atomic E-state index is -1.06. The molecule has 0 aromatic carbocycles. The third-order valence-corrected chi connectivity index (χ3v) is 2.12. The Morgan fingerprint density at radius 2 is 2.26 bits per heavy atom. The summed E-state index contributed by atoms with van der Waals surface area (Å²) in [6.45, 7) is -0.187. The first kappa shape index (κ1) is 12.7. The monoisotopic (exact) mass is 265 g/mol. The van der Waals surface area contributed by atoms with Gasteiger partial charge in [0.15, 0.2) is 11.5 Å². The summed E-state index contributed by atoms with van der Waals surface area (Å²) in [5.74, 6) is -1.06. The second kappa shape index (κ2) is 5.25. The molecule has 0 aliphatic carbocycles. The summed E-state index contributed by atoms with van der Waals surface area (Å²) in [6.07, 6.45) is 2.78. The molecule has 0 saturated carbocycles. The summed E-state index contributed by atoms with van der Waals surface area (Å²) in [4.78, 5) is 26.1. The number of carboxylic acid groups (broad SMARTS) is 1. The summed E-state index contributed by atoms with van der Waals surface area (Å²) >= 11 is 0. The first-order chi connectivity index (χ1) is 9.04. The number of rotatable bonds is 5. The highest BCUT2D eigenvalue weighted by Crippen LogP contribution is 1.95. The number of hydrogen-bond acceptors (Lipinski definition) is 6. The summed E-state index contributed by atoms with van der Waals surface area (Å²) in [5, 5.41) is 22.2. The van der Waals surface area contributed by atoms with E-state index in [1.54, 1.807) is 7.05 Å². The van der Waals surface area contributed by atoms with Crippen LogP contribution in [0.15, 0.2) is 12.5 Å². The van der Waals surface area contributed by atoms with Gasteiger partial charge in [0.05, 0.1) is 12.7 Å². The Balaban J connectivity index is 1.92. The third-order valence-electron chi connectivity index (χ3n) is 2.12. The zero-order valence-electron chi connectivity index (χ0n) is 10.0. The fourth-order valence-electron chi connectivity index (χ4n) is 1.33. The number of aromatic nitrogens is 6. The summed E-state index contributed by atoms with van der Waals surface area (Å²) in [6, 6.07) is 0. The molecular formula is C9H11N7O3. The normalized spacial score (nSPS) is 10.4. The number of amides is 1. The number of carbonyl (C=O) groups is 2. The Bertz CT molecular complexity index is 602. The van der Waals surface area contributed by atoms with Crippen LogP contribution in [0.25, 0.3) is 0 Å². The van der Waals surface area contributed by atoms with Crippen LogP contribution in [-0.2, 0) is 24.9 Å². The zero-order valence-corrected chi connectivity index (χ0v) is 10.0. The summed E-state index contributed by atoms with van der Waals surface area (Å²) in [7, 11) is 1.72. The van der Waals surface area contributed by atoms with Crippen molar-refractivity contribution in [3.63, 3.8) is 0 Å². The Morgan fingerprint density at radius 3 is 2.89 bits per heavy atom. The molecule has 10 nitrogen and oxygen atoms in total. The zero-order chi connectivity index (χ0) is 13.8. The Kier molecular flexibility index (Phi) is 3.50. The maximum Gasteiger partial charge on any atom is 0.325 e. The average molecular weight is 265 g/mol. The first-order valence-electron chi connectivity index (χ1n) is 5.29. The molecule has 2 rings (SSSR count). The van der Waals surface area contributed by atoms with Gasteiger partial charge in [-0.2, -0.15) is 5.10 Å². The van der Waals surface area contributed by atoms with E-state index in [1.165, 1.54) is 17.2 Å². The van der Waals surface area contributed by atoms with Crippen molar-refractivity contribution in [1.82, 2.24) is 35.1 Å². The highest BCUT2D eigenvalue weighted by Gasteiger charge is 2.12. The van der Waals surface area contributed by atoms with Crippen molar-refractivity contribution in [3.8, 4) is 0 Å². The second-order valence-electron chi connectivity index (χ2n) is 3.71. The first-order valence-corrected chi connectivity index (χ1v) is 5.29. The maximum absolute atomic E-state index is 11.7. The van der Waals surface area contributed by atoms with E-state index in [4.69, 9.17) is 5.11 Å². The van der Waals surface area contributed by atoms with Gasteiger partial charge in [-0.15, -0.1) is 5.10 Å². The fraction of sp³-hybridized carbons (Fsp3) is 0.333. The minimum Gasteiger partial charge on any atom is -0.480 e. The number of nitrogens with zero attached hydrogens (tertiary/aromatic N) is 6. The Hall–Kier alpha value is -2.78. The number of nitrogens with one attached hydrogen (secondary N) is 1. The highest BCUT2D eigenvalue weighted by atomic mass is 16.4. The smallest absolute Gasteiger partial charge is 0.325 e. The van der Waals surface area contributed by atoms with E-state index in [0.717, 1.165) is 4.68 Å². The molecule has 0 spiro atoms. The van der Waals surface area contributed by atoms with Gasteiger partial charge in [0.25, 0.3) is 5.91 Å². The molecule has 0 saturated heterocycles. The molecule has 2 N–H and O–H groups in total. The van der Waals surface area contributed by atoms with Gasteiger partial charge < -0.3 is 10.4 Å². The van der Waals surface area contributed by atoms with Gasteiger partial charge in [-0.1, -0.05) is 5.21 Å². The molecule has 0 bridgehead atoms. The van der Waals surface area contributed by atoms with Crippen LogP contribution in [0.5, 0.6) is 0 Å². The molecule has 0 radical (unpaired) electrons. The van der Waals surface area contributed by atoms with E-state index in [2.05, 4.69) is 25.7 Å². The molecule has 1 amide bonds. The SMILES string of the molecule is Cn1cnc(CNC(=O)c2cn(CC(=O)O)nn2)n1. The Labute approximate surface area is 107 Å². The van der Waals surface area contributed by atoms with E-state index in [0.29, 0.717) is 5.82 Å². The standard InChI is InChI=1S/C9H11N7O3/c1-15-5-11-7(13-15)2-10-9(19)6-3-16(14-12-6)4-8(17)18/h3,5H,2,4H2,1H3,(H,10,19)(H,17,18). The number of aliphatic carboxylic acids is 1. The molecule has 19 heavy (non-hydrogen) atoms. The highest BCUT2D eigenvalue weighted by molar-refractivity contribution is 5.91. The van der Waals surface area contributed by atoms with Gasteiger partial charge in [0.2, 0.25) is 0 Å². The van der Waals surface area contributed by atoms with Crippen LogP contribution in [0, 0.1) is 0 Å². The number of carbonyl (C=O) groups excluding carboxylic acids is 1. The largest absolute Gasteiger partial charge is 0.480 e. The molecule has 0 fully saturated rings. The van der Waals surface area contributed by atoms with Crippen molar-refractivity contribution in [2.45, 2.75) is 13.1 Å². The quantitative estimate of drug-likeness (QED) is 0.667. The van der Waals surface area contributed by atoms with Gasteiger partial charge in [0.1, 0.15) is 12.9 Å². The fourth-order valence-corrected chi connectivity index (χ4v) is 1.33. The van der Waals surface area contributed by atoms with E-state index in [1.807, 2.05) is 0 Å². The van der Waals surface area contributed by atoms with Crippen LogP contribution in [0.4, 0.5) is 0 Å². The second-order valence-corrected chi connectivity index (χ2v) is 3.71. The molecule has 2 heterocycles. The van der Waals surface area contributed by atoms with Crippen molar-refractivity contribution in [3.05, 3.63) is 24.0 Å². The summed E-state index contributed by atoms with van der Waals surface area (Å²) in [5.41, 5.74) is 0.0391. The van der Waals surface area contributed by atoms with E-state index in [9.17, 15) is 9.59 Å². The predicted molar refractivity (Wildman–Crippen MR) is 59.8 cm³/mol. The van der Waals surface area contributed by atoms with E-state index < -0.39 is 11.9 Å². The predicted octanol–water partition coefficient (Wildman–Crippen LogP) is -1.58. The third kappa shape index (κ3) is 3.34. The molecule has 2 aromatic heterocycles. The van der Waals surface area contributed by atoms with E-state index in [-0.39, 0.29) is 18.8 Å². The molecule has 0 atom stereocenters. The Morgan fingerprint density at radius 1 is 1.47 bits per heavy atom. The van der Waals surface area contributed by atoms with Crippen LogP contribution < -0.4 is 5.32 Å². The minimum absolute atomic E-state index is 0.0391. The molecule has 10 heteroatoms. The van der Waals surface area contributed by atoms with Gasteiger partial charge in [0, 0.05) is 7.05 Å². The molecule has 2 aromatic rings. The van der Waals surface area contributed by atoms with Gasteiger partial charge in [-0.25, -0.2) is 9.67 Å². The van der Waals surface area contributed by atoms with Crippen molar-refractivity contribution in [2.24, 2.45) is 7.05 Å². The van der Waals surface area contributed by atoms with Crippen LogP contribution in [0.1, 0.15) is 16.3 Å². The number of carboxylic acids is 1. The van der Waals surface area contributed by atoms with Crippen molar-refractivity contribution in [2.75, 3.05) is 0 Å². The van der Waals surface area contributed by atoms with Gasteiger partial charge >= 0.3 is 5.97 Å². The van der Waals surface area contributed by atoms with E-state index >= 15 is 0 Å². The van der Waals surface area contributed by atoms with Crippen molar-refractivity contribution < 1.29 is 14.7 Å². The average Bonchev–Trinajstić information content (AvgIpc) is 2.95. The lowest BCUT2D eigenvalue weighted by atomic mass is 10.4. The number of aryl methyl sites for hydroxylation is 1. The van der Waals surface area contributed by atoms with Gasteiger partial charge in [-0.05, 0) is 0 Å². The lowest BCUT2D eigenvalue weighted by Gasteiger charge is -1.98. The lowest BCUT2D eigenvalue weighted by molar-refractivity contribution is -0.137. The molecule has 100 valence electrons.